The topological polar surface area (TPSA) is 142 Å². The number of carbonyl (C=O) groups is 4. The van der Waals surface area contributed by atoms with Crippen LogP contribution >= 0.6 is 0 Å². The number of rotatable bonds is 4. The SMILES string of the molecule is CC1O[C@@]2(OC3CC(=O)OC(C)(C)C3[C@H]2O)[C@]2(C)C1CCC(C)(C(=O)c1ccoc1)C21OC1C(=O)C=O. The zero-order chi connectivity index (χ0) is 26.8. The third-order valence-corrected chi connectivity index (χ3v) is 10.2. The van der Waals surface area contributed by atoms with Crippen LogP contribution < -0.4 is 0 Å². The molecule has 1 aliphatic carbocycles. The van der Waals surface area contributed by atoms with Gasteiger partial charge in [0.1, 0.15) is 23.6 Å². The molecule has 5 heterocycles. The molecule has 4 saturated heterocycles. The summed E-state index contributed by atoms with van der Waals surface area (Å²) < 4.78 is 30.2. The Bertz CT molecular complexity index is 1190. The number of aliphatic hydroxyl groups is 1. The molecule has 2 spiro atoms. The van der Waals surface area contributed by atoms with Gasteiger partial charge >= 0.3 is 5.97 Å². The molecule has 37 heavy (non-hydrogen) atoms. The van der Waals surface area contributed by atoms with Gasteiger partial charge in [-0.3, -0.25) is 19.2 Å². The van der Waals surface area contributed by atoms with Gasteiger partial charge in [-0.15, -0.1) is 0 Å². The summed E-state index contributed by atoms with van der Waals surface area (Å²) in [6.45, 7) is 8.89. The van der Waals surface area contributed by atoms with E-state index in [4.69, 9.17) is 23.4 Å². The number of Topliss-reactive ketones (excluding diaryl/α,β-unsaturated/α-hetero) is 2. The molecule has 4 aliphatic heterocycles. The minimum Gasteiger partial charge on any atom is -0.472 e. The van der Waals surface area contributed by atoms with Crippen molar-refractivity contribution >= 4 is 23.8 Å². The van der Waals surface area contributed by atoms with Crippen molar-refractivity contribution in [2.75, 3.05) is 0 Å². The normalized spacial score (nSPS) is 49.4. The summed E-state index contributed by atoms with van der Waals surface area (Å²) in [7, 11) is 0. The molecule has 0 bridgehead atoms. The minimum atomic E-state index is -1.71. The number of ketones is 2. The first kappa shape index (κ1) is 24.9. The van der Waals surface area contributed by atoms with Crippen LogP contribution in [0.25, 0.3) is 0 Å². The average molecular weight is 517 g/mol. The number of aliphatic hydroxyl groups excluding tert-OH is 1. The monoisotopic (exact) mass is 516 g/mol. The Morgan fingerprint density at radius 2 is 1.86 bits per heavy atom. The molecule has 5 aliphatic rings. The van der Waals surface area contributed by atoms with E-state index in [9.17, 15) is 24.3 Å². The average Bonchev–Trinajstić information content (AvgIpc) is 3.10. The molecule has 10 atom stereocenters. The van der Waals surface area contributed by atoms with Crippen molar-refractivity contribution in [1.29, 1.82) is 0 Å². The zero-order valence-electron chi connectivity index (χ0n) is 21.5. The van der Waals surface area contributed by atoms with E-state index in [1.54, 1.807) is 26.8 Å². The number of ether oxygens (including phenoxy) is 4. The summed E-state index contributed by atoms with van der Waals surface area (Å²) in [5.41, 5.74) is -4.76. The van der Waals surface area contributed by atoms with Crippen LogP contribution in [0.15, 0.2) is 23.0 Å². The van der Waals surface area contributed by atoms with Crippen molar-refractivity contribution in [3.63, 3.8) is 0 Å². The minimum absolute atomic E-state index is 0.0683. The molecule has 1 N–H and O–H groups in total. The van der Waals surface area contributed by atoms with E-state index in [0.717, 1.165) is 0 Å². The second kappa shape index (κ2) is 7.37. The number of hydrogen-bond donors (Lipinski definition) is 1. The predicted octanol–water partition coefficient (Wildman–Crippen LogP) is 2.01. The first-order valence-electron chi connectivity index (χ1n) is 12.8. The molecule has 1 aromatic heterocycles. The van der Waals surface area contributed by atoms with E-state index >= 15 is 0 Å². The largest absolute Gasteiger partial charge is 0.472 e. The molecule has 200 valence electrons. The number of cyclic esters (lactones) is 1. The molecule has 7 unspecified atom stereocenters. The summed E-state index contributed by atoms with van der Waals surface area (Å²) >= 11 is 0. The van der Waals surface area contributed by atoms with Gasteiger partial charge in [0.15, 0.2) is 18.2 Å². The summed E-state index contributed by atoms with van der Waals surface area (Å²) in [5, 5.41) is 12.0. The Morgan fingerprint density at radius 3 is 2.51 bits per heavy atom. The number of epoxide rings is 1. The highest BCUT2D eigenvalue weighted by atomic mass is 16.7. The van der Waals surface area contributed by atoms with Crippen LogP contribution in [0.3, 0.4) is 0 Å². The molecule has 0 radical (unpaired) electrons. The van der Waals surface area contributed by atoms with Gasteiger partial charge in [-0.05, 0) is 52.5 Å². The van der Waals surface area contributed by atoms with Crippen LogP contribution in [-0.4, -0.2) is 70.3 Å². The number of esters is 1. The standard InChI is InChI=1S/C27H32O10/c1-13-15-6-8-24(4,20(31)14-7-9-33-12-14)26(22(37-26)16(29)11-28)25(15,5)27(34-13)21(32)19-17(35-27)10-18(30)36-23(19,2)3/h7,9,11-13,15,17,19,21-22,32H,6,8,10H2,1-5H3/t13?,15?,17?,19?,21-,22?,24?,25-,26?,27+/m1/s1. The van der Waals surface area contributed by atoms with Crippen LogP contribution in [0.5, 0.6) is 0 Å². The number of aldehydes is 1. The summed E-state index contributed by atoms with van der Waals surface area (Å²) in [4.78, 5) is 51.1. The van der Waals surface area contributed by atoms with Crippen molar-refractivity contribution in [2.24, 2.45) is 22.7 Å². The highest BCUT2D eigenvalue weighted by Crippen LogP contribution is 2.77. The summed E-state index contributed by atoms with van der Waals surface area (Å²) in [6.07, 6.45) is 0.156. The van der Waals surface area contributed by atoms with E-state index < -0.39 is 69.9 Å². The van der Waals surface area contributed by atoms with Crippen molar-refractivity contribution < 1.29 is 47.6 Å². The van der Waals surface area contributed by atoms with E-state index in [-0.39, 0.29) is 24.4 Å². The second-order valence-corrected chi connectivity index (χ2v) is 12.2. The van der Waals surface area contributed by atoms with Gasteiger partial charge in [0.05, 0.1) is 47.2 Å². The van der Waals surface area contributed by atoms with Crippen molar-refractivity contribution in [3.8, 4) is 0 Å². The molecular formula is C27H32O10. The lowest BCUT2D eigenvalue weighted by molar-refractivity contribution is -0.305. The van der Waals surface area contributed by atoms with Crippen molar-refractivity contribution in [1.82, 2.24) is 0 Å². The molecule has 6 rings (SSSR count). The van der Waals surface area contributed by atoms with Crippen LogP contribution in [-0.2, 0) is 33.3 Å². The first-order valence-corrected chi connectivity index (χ1v) is 12.8. The Hall–Kier alpha value is -2.40. The van der Waals surface area contributed by atoms with Crippen LogP contribution in [0, 0.1) is 22.7 Å². The predicted molar refractivity (Wildman–Crippen MR) is 123 cm³/mol. The molecule has 0 amide bonds. The van der Waals surface area contributed by atoms with E-state index in [2.05, 4.69) is 0 Å². The van der Waals surface area contributed by atoms with Gasteiger partial charge in [-0.2, -0.15) is 0 Å². The smallest absolute Gasteiger partial charge is 0.308 e. The lowest BCUT2D eigenvalue weighted by Crippen LogP contribution is -2.69. The highest BCUT2D eigenvalue weighted by molar-refractivity contribution is 6.28. The van der Waals surface area contributed by atoms with E-state index in [0.29, 0.717) is 18.4 Å². The maximum absolute atomic E-state index is 14.0. The van der Waals surface area contributed by atoms with Crippen LogP contribution in [0.4, 0.5) is 0 Å². The fraction of sp³-hybridized carbons (Fsp3) is 0.704. The molecule has 5 fully saturated rings. The second-order valence-electron chi connectivity index (χ2n) is 12.2. The Kier molecular flexibility index (Phi) is 4.96. The maximum Gasteiger partial charge on any atom is 0.308 e. The van der Waals surface area contributed by atoms with Gasteiger partial charge < -0.3 is 28.5 Å². The molecule has 10 nitrogen and oxygen atoms in total. The number of furan rings is 1. The highest BCUT2D eigenvalue weighted by Gasteiger charge is 2.91. The van der Waals surface area contributed by atoms with Gasteiger partial charge in [-0.25, -0.2) is 0 Å². The number of fused-ring (bicyclic) bond motifs is 4. The molecule has 10 heteroatoms. The Morgan fingerprint density at radius 1 is 1.14 bits per heavy atom. The first-order chi connectivity index (χ1) is 17.3. The van der Waals surface area contributed by atoms with Gasteiger partial charge in [0, 0.05) is 0 Å². The van der Waals surface area contributed by atoms with Gasteiger partial charge in [0.25, 0.3) is 0 Å². The van der Waals surface area contributed by atoms with Crippen molar-refractivity contribution in [3.05, 3.63) is 24.2 Å². The molecule has 1 aromatic rings. The molecule has 0 aromatic carbocycles. The lowest BCUT2D eigenvalue weighted by Gasteiger charge is -2.56. The fourth-order valence-electron chi connectivity index (χ4n) is 8.65. The van der Waals surface area contributed by atoms with E-state index in [1.165, 1.54) is 12.5 Å². The molecule has 1 saturated carbocycles. The van der Waals surface area contributed by atoms with Gasteiger partial charge in [-0.1, -0.05) is 6.92 Å². The third kappa shape index (κ3) is 2.69. The number of hydrogen-bond acceptors (Lipinski definition) is 10. The molecular weight excluding hydrogens is 484 g/mol. The quantitative estimate of drug-likeness (QED) is 0.208. The Labute approximate surface area is 213 Å². The zero-order valence-corrected chi connectivity index (χ0v) is 21.5. The Balaban J connectivity index is 1.55. The summed E-state index contributed by atoms with van der Waals surface area (Å²) in [5.74, 6) is -4.14. The maximum atomic E-state index is 14.0. The van der Waals surface area contributed by atoms with E-state index in [1.807, 2.05) is 13.8 Å². The third-order valence-electron chi connectivity index (χ3n) is 10.2. The fourth-order valence-corrected chi connectivity index (χ4v) is 8.65. The van der Waals surface area contributed by atoms with Crippen LogP contribution in [0.1, 0.15) is 64.2 Å². The van der Waals surface area contributed by atoms with Gasteiger partial charge in [0.2, 0.25) is 11.6 Å². The van der Waals surface area contributed by atoms with Crippen molar-refractivity contribution in [2.45, 2.75) is 95.3 Å². The number of carbonyl (C=O) groups excluding carboxylic acids is 4. The lowest BCUT2D eigenvalue weighted by atomic mass is 9.45. The summed E-state index contributed by atoms with van der Waals surface area (Å²) in [6, 6.07) is 1.55. The van der Waals surface area contributed by atoms with Crippen LogP contribution in [0.2, 0.25) is 0 Å².